The highest BCUT2D eigenvalue weighted by Gasteiger charge is 2.04. The molecule has 27 heavy (non-hydrogen) atoms. The van der Waals surface area contributed by atoms with Crippen molar-refractivity contribution in [3.8, 4) is 0 Å². The average Bonchev–Trinajstić information content (AvgIpc) is 3.18. The van der Waals surface area contributed by atoms with Crippen LogP contribution in [0, 0.1) is 5.92 Å². The van der Waals surface area contributed by atoms with Crippen molar-refractivity contribution in [1.29, 1.82) is 0 Å². The Morgan fingerprint density at radius 2 is 1.63 bits per heavy atom. The minimum Gasteiger partial charge on any atom is -0.382 e. The Kier molecular flexibility index (Phi) is 37.8. The summed E-state index contributed by atoms with van der Waals surface area (Å²) < 4.78 is 11.8. The van der Waals surface area contributed by atoms with Crippen molar-refractivity contribution in [2.45, 2.75) is 94.2 Å². The van der Waals surface area contributed by atoms with Gasteiger partial charge in [-0.1, -0.05) is 54.4 Å². The van der Waals surface area contributed by atoms with Gasteiger partial charge in [-0.05, 0) is 53.1 Å². The minimum absolute atomic E-state index is 0.548. The quantitative estimate of drug-likeness (QED) is 0.282. The van der Waals surface area contributed by atoms with Crippen LogP contribution in [0.5, 0.6) is 0 Å². The van der Waals surface area contributed by atoms with Crippen molar-refractivity contribution in [3.05, 3.63) is 11.9 Å². The highest BCUT2D eigenvalue weighted by Crippen LogP contribution is 2.00. The van der Waals surface area contributed by atoms with Gasteiger partial charge in [0.15, 0.2) is 0 Å². The van der Waals surface area contributed by atoms with E-state index >= 15 is 0 Å². The van der Waals surface area contributed by atoms with E-state index in [9.17, 15) is 0 Å². The maximum Gasteiger partial charge on any atom is 0.0964 e. The van der Waals surface area contributed by atoms with Gasteiger partial charge in [-0.15, -0.1) is 0 Å². The summed E-state index contributed by atoms with van der Waals surface area (Å²) in [5.41, 5.74) is 0.987. The number of nitrogens with zero attached hydrogens (tertiary/aromatic N) is 3. The normalized spacial score (nSPS) is 9.30. The van der Waals surface area contributed by atoms with Gasteiger partial charge in [0, 0.05) is 25.8 Å². The van der Waals surface area contributed by atoms with Crippen LogP contribution in [-0.2, 0) is 11.3 Å². The molecule has 1 rings (SSSR count). The molecule has 0 unspecified atom stereocenters. The molecule has 0 amide bonds. The summed E-state index contributed by atoms with van der Waals surface area (Å²) in [5.74, 6) is 0.779. The Hall–Kier alpha value is -0.630. The van der Waals surface area contributed by atoms with Crippen LogP contribution in [0.3, 0.4) is 0 Å². The zero-order valence-corrected chi connectivity index (χ0v) is 20.5. The van der Waals surface area contributed by atoms with Crippen LogP contribution >= 0.6 is 12.9 Å². The van der Waals surface area contributed by atoms with Crippen LogP contribution in [0.4, 0.5) is 0 Å². The second-order valence-corrected chi connectivity index (χ2v) is 6.35. The molecule has 0 aliphatic heterocycles. The summed E-state index contributed by atoms with van der Waals surface area (Å²) in [5, 5.41) is 10.3. The number of unbranched alkanes of at least 4 members (excludes halogenated alkanes) is 1. The Balaban J connectivity index is -0.000000146. The average molecular weight is 409 g/mol. The lowest BCUT2D eigenvalue weighted by molar-refractivity contribution is 0.136. The zero-order valence-electron chi connectivity index (χ0n) is 19.6. The van der Waals surface area contributed by atoms with Gasteiger partial charge < -0.3 is 9.29 Å². The van der Waals surface area contributed by atoms with Gasteiger partial charge in [-0.2, -0.15) is 15.4 Å². The standard InChI is InChI=1S/C7H14N4.C7H16O.C4H10.C2H6.H2OS/c1-6(2)11(3)5-7-4-8-10-9-7;1-4-8-6-5-7(2)3;1-3-4-2;2*1-2/h4,6H,5H2,1-3H3,(H,8,9,10);7H,4-6H2,1-3H3;3-4H2,1-2H3;1-2H3;1-2H. The van der Waals surface area contributed by atoms with Gasteiger partial charge in [0.1, 0.15) is 0 Å². The monoisotopic (exact) mass is 408 g/mol. The Morgan fingerprint density at radius 1 is 1.11 bits per heavy atom. The fraction of sp³-hybridized carbons (Fsp3) is 0.900. The fourth-order valence-corrected chi connectivity index (χ4v) is 1.20. The third-order valence-electron chi connectivity index (χ3n) is 3.30. The molecule has 1 aromatic heterocycles. The molecule has 7 heteroatoms. The first kappa shape index (κ1) is 33.9. The summed E-state index contributed by atoms with van der Waals surface area (Å²) in [6.07, 6.45) is 5.58. The minimum atomic E-state index is 0.548. The van der Waals surface area contributed by atoms with Crippen LogP contribution in [-0.4, -0.2) is 51.2 Å². The Bertz CT molecular complexity index is 322. The summed E-state index contributed by atoms with van der Waals surface area (Å²) in [6.45, 7) is 21.7. The van der Waals surface area contributed by atoms with Crippen LogP contribution in [0.15, 0.2) is 6.20 Å². The van der Waals surface area contributed by atoms with Crippen LogP contribution in [0.2, 0.25) is 0 Å². The van der Waals surface area contributed by atoms with Crippen LogP contribution in [0.25, 0.3) is 0 Å². The largest absolute Gasteiger partial charge is 0.382 e. The number of hydrogen-bond acceptors (Lipinski definition) is 6. The summed E-state index contributed by atoms with van der Waals surface area (Å²) >= 11 is 2.53. The predicted molar refractivity (Wildman–Crippen MR) is 122 cm³/mol. The Labute approximate surface area is 175 Å². The van der Waals surface area contributed by atoms with Crippen LogP contribution in [0.1, 0.15) is 87.3 Å². The molecular formula is C20H48N4O2S. The number of hydrogen-bond donors (Lipinski definition) is 3. The number of thiol groups is 1. The van der Waals surface area contributed by atoms with Crippen molar-refractivity contribution in [1.82, 2.24) is 20.3 Å². The molecule has 0 aliphatic rings. The van der Waals surface area contributed by atoms with E-state index in [0.717, 1.165) is 31.4 Å². The maximum atomic E-state index is 6.69. The summed E-state index contributed by atoms with van der Waals surface area (Å²) in [7, 11) is 2.07. The number of nitrogens with one attached hydrogen (secondary N) is 1. The number of H-pyrrole nitrogens is 1. The second-order valence-electron chi connectivity index (χ2n) is 6.35. The first-order valence-electron chi connectivity index (χ1n) is 10.2. The first-order chi connectivity index (χ1) is 12.9. The predicted octanol–water partition coefficient (Wildman–Crippen LogP) is 5.94. The van der Waals surface area contributed by atoms with Crippen molar-refractivity contribution in [3.63, 3.8) is 0 Å². The molecule has 1 aromatic rings. The van der Waals surface area contributed by atoms with E-state index < -0.39 is 0 Å². The molecule has 0 fully saturated rings. The van der Waals surface area contributed by atoms with E-state index in [4.69, 9.17) is 9.29 Å². The molecule has 0 bridgehead atoms. The van der Waals surface area contributed by atoms with Gasteiger partial charge in [-0.3, -0.25) is 4.90 Å². The molecule has 6 nitrogen and oxygen atoms in total. The molecule has 0 aromatic carbocycles. The molecular weight excluding hydrogens is 360 g/mol. The lowest BCUT2D eigenvalue weighted by Gasteiger charge is -2.18. The first-order valence-corrected chi connectivity index (χ1v) is 10.6. The number of aromatic nitrogens is 3. The smallest absolute Gasteiger partial charge is 0.0964 e. The van der Waals surface area contributed by atoms with Gasteiger partial charge in [0.05, 0.1) is 11.9 Å². The lowest BCUT2D eigenvalue weighted by atomic mass is 10.1. The molecule has 0 aliphatic carbocycles. The van der Waals surface area contributed by atoms with Crippen molar-refractivity contribution < 1.29 is 9.29 Å². The molecule has 0 radical (unpaired) electrons. The van der Waals surface area contributed by atoms with Crippen molar-refractivity contribution in [2.24, 2.45) is 5.92 Å². The van der Waals surface area contributed by atoms with E-state index in [1.807, 2.05) is 20.8 Å². The lowest BCUT2D eigenvalue weighted by Crippen LogP contribution is -2.25. The van der Waals surface area contributed by atoms with E-state index in [1.165, 1.54) is 19.3 Å². The number of ether oxygens (including phenoxy) is 1. The van der Waals surface area contributed by atoms with Gasteiger partial charge >= 0.3 is 0 Å². The third-order valence-corrected chi connectivity index (χ3v) is 3.30. The van der Waals surface area contributed by atoms with Gasteiger partial charge in [0.2, 0.25) is 0 Å². The maximum absolute atomic E-state index is 6.69. The molecule has 166 valence electrons. The highest BCUT2D eigenvalue weighted by atomic mass is 32.1. The van der Waals surface area contributed by atoms with E-state index in [1.54, 1.807) is 6.20 Å². The van der Waals surface area contributed by atoms with Crippen molar-refractivity contribution in [2.75, 3.05) is 20.3 Å². The summed E-state index contributed by atoms with van der Waals surface area (Å²) in [6, 6.07) is 0.548. The Morgan fingerprint density at radius 3 is 1.93 bits per heavy atom. The number of rotatable bonds is 8. The fourth-order valence-electron chi connectivity index (χ4n) is 1.20. The van der Waals surface area contributed by atoms with E-state index in [-0.39, 0.29) is 0 Å². The SMILES string of the molecule is CC.CC(C)N(C)Cc1cn[nH]n1.CCCC.CCOCCC(C)C.OS. The summed E-state index contributed by atoms with van der Waals surface area (Å²) in [4.78, 5) is 2.21. The zero-order chi connectivity index (χ0) is 22.1. The van der Waals surface area contributed by atoms with Gasteiger partial charge in [0.25, 0.3) is 0 Å². The molecule has 0 spiro atoms. The molecule has 0 atom stereocenters. The van der Waals surface area contributed by atoms with Crippen LogP contribution < -0.4 is 0 Å². The molecule has 1 heterocycles. The van der Waals surface area contributed by atoms with Crippen molar-refractivity contribution >= 4 is 12.9 Å². The highest BCUT2D eigenvalue weighted by molar-refractivity contribution is 7.74. The molecule has 0 saturated heterocycles. The topological polar surface area (TPSA) is 74.3 Å². The number of aromatic amines is 1. The third kappa shape index (κ3) is 33.4. The van der Waals surface area contributed by atoms with E-state index in [0.29, 0.717) is 6.04 Å². The molecule has 0 saturated carbocycles. The molecule has 2 N–H and O–H groups in total. The second kappa shape index (κ2) is 30.1. The van der Waals surface area contributed by atoms with Gasteiger partial charge in [-0.25, -0.2) is 0 Å². The van der Waals surface area contributed by atoms with E-state index in [2.05, 4.69) is 81.8 Å².